The Morgan fingerprint density at radius 2 is 1.74 bits per heavy atom. The van der Waals surface area contributed by atoms with Crippen LogP contribution in [-0.4, -0.2) is 37.5 Å². The molecule has 1 saturated heterocycles. The Hall–Kier alpha value is -1.95. The molecular formula is C22H30N3OS+. The van der Waals surface area contributed by atoms with Gasteiger partial charge in [-0.2, -0.15) is 0 Å². The zero-order valence-electron chi connectivity index (χ0n) is 16.4. The molecule has 3 rings (SSSR count). The van der Waals surface area contributed by atoms with Gasteiger partial charge in [-0.1, -0.05) is 42.5 Å². The van der Waals surface area contributed by atoms with Gasteiger partial charge in [-0.25, -0.2) is 0 Å². The predicted molar refractivity (Wildman–Crippen MR) is 115 cm³/mol. The Balaban J connectivity index is 1.72. The van der Waals surface area contributed by atoms with Crippen molar-refractivity contribution in [1.29, 1.82) is 0 Å². The fraction of sp³-hybridized carbons (Fsp3) is 0.409. The van der Waals surface area contributed by atoms with Crippen LogP contribution in [0.1, 0.15) is 29.7 Å². The highest BCUT2D eigenvalue weighted by Gasteiger charge is 2.31. The first-order valence-corrected chi connectivity index (χ1v) is 10.1. The first kappa shape index (κ1) is 19.8. The molecule has 1 heterocycles. The van der Waals surface area contributed by atoms with E-state index in [-0.39, 0.29) is 6.04 Å². The standard InChI is InChI=1S/C22H29N3OS/c1-16-8-7-11-20(17(16)2)24-22(27)23-18(3)21(19-9-5-4-6-10-19)25-12-14-26-15-13-25/h4-11,18,21H,12-15H2,1-3H3,(H2,23,24,27)/p+1/t18-,21-/m0/s1. The Labute approximate surface area is 167 Å². The fourth-order valence-corrected chi connectivity index (χ4v) is 4.11. The molecule has 2 atom stereocenters. The number of morpholine rings is 1. The number of thiocarbonyl (C=S) groups is 1. The van der Waals surface area contributed by atoms with E-state index in [1.807, 2.05) is 0 Å². The molecule has 4 nitrogen and oxygen atoms in total. The van der Waals surface area contributed by atoms with Gasteiger partial charge in [-0.3, -0.25) is 0 Å². The van der Waals surface area contributed by atoms with Crippen molar-refractivity contribution in [2.45, 2.75) is 32.9 Å². The second kappa shape index (κ2) is 9.31. The SMILES string of the molecule is Cc1cccc(NC(=S)N[C@@H](C)[C@@H](c2ccccc2)[NH+]2CCOCC2)c1C. The van der Waals surface area contributed by atoms with Crippen molar-refractivity contribution >= 4 is 23.0 Å². The maximum Gasteiger partial charge on any atom is 0.171 e. The molecule has 1 fully saturated rings. The lowest BCUT2D eigenvalue weighted by molar-refractivity contribution is -0.940. The van der Waals surface area contributed by atoms with Crippen LogP contribution in [0.15, 0.2) is 48.5 Å². The quantitative estimate of drug-likeness (QED) is 0.693. The molecule has 0 amide bonds. The van der Waals surface area contributed by atoms with E-state index in [2.05, 4.69) is 79.9 Å². The highest BCUT2D eigenvalue weighted by molar-refractivity contribution is 7.80. The van der Waals surface area contributed by atoms with Crippen LogP contribution in [0, 0.1) is 13.8 Å². The van der Waals surface area contributed by atoms with Crippen molar-refractivity contribution in [1.82, 2.24) is 5.32 Å². The smallest absolute Gasteiger partial charge is 0.171 e. The summed E-state index contributed by atoms with van der Waals surface area (Å²) in [6.45, 7) is 10.1. The molecule has 1 aliphatic rings. The third-order valence-electron chi connectivity index (χ3n) is 5.45. The van der Waals surface area contributed by atoms with E-state index < -0.39 is 0 Å². The summed E-state index contributed by atoms with van der Waals surface area (Å²) in [5, 5.41) is 7.58. The predicted octanol–water partition coefficient (Wildman–Crippen LogP) is 2.63. The van der Waals surface area contributed by atoms with Gasteiger partial charge in [0.2, 0.25) is 0 Å². The highest BCUT2D eigenvalue weighted by atomic mass is 32.1. The van der Waals surface area contributed by atoms with Crippen molar-refractivity contribution in [2.75, 3.05) is 31.6 Å². The van der Waals surface area contributed by atoms with E-state index in [9.17, 15) is 0 Å². The highest BCUT2D eigenvalue weighted by Crippen LogP contribution is 2.18. The average Bonchev–Trinajstić information content (AvgIpc) is 2.67. The number of ether oxygens (including phenoxy) is 1. The summed E-state index contributed by atoms with van der Waals surface area (Å²) in [5.74, 6) is 0. The van der Waals surface area contributed by atoms with Crippen LogP contribution in [-0.2, 0) is 4.74 Å². The van der Waals surface area contributed by atoms with Crippen LogP contribution >= 0.6 is 12.2 Å². The molecule has 0 unspecified atom stereocenters. The minimum absolute atomic E-state index is 0.200. The molecule has 0 spiro atoms. The second-order valence-electron chi connectivity index (χ2n) is 7.29. The molecule has 1 aliphatic heterocycles. The van der Waals surface area contributed by atoms with Gasteiger partial charge < -0.3 is 20.3 Å². The molecule has 2 aromatic rings. The van der Waals surface area contributed by atoms with Crippen LogP contribution in [0.5, 0.6) is 0 Å². The zero-order chi connectivity index (χ0) is 19.2. The zero-order valence-corrected chi connectivity index (χ0v) is 17.2. The number of benzene rings is 2. The first-order chi connectivity index (χ1) is 13.1. The van der Waals surface area contributed by atoms with Crippen LogP contribution in [0.2, 0.25) is 0 Å². The Morgan fingerprint density at radius 1 is 1.04 bits per heavy atom. The molecule has 0 aliphatic carbocycles. The van der Waals surface area contributed by atoms with E-state index >= 15 is 0 Å². The third-order valence-corrected chi connectivity index (χ3v) is 5.67. The van der Waals surface area contributed by atoms with Gasteiger partial charge >= 0.3 is 0 Å². The average molecular weight is 385 g/mol. The minimum Gasteiger partial charge on any atom is -0.370 e. The van der Waals surface area contributed by atoms with Crippen LogP contribution < -0.4 is 15.5 Å². The lowest BCUT2D eigenvalue weighted by atomic mass is 9.98. The number of nitrogens with one attached hydrogen (secondary N) is 3. The van der Waals surface area contributed by atoms with E-state index in [1.165, 1.54) is 16.7 Å². The summed E-state index contributed by atoms with van der Waals surface area (Å²) in [7, 11) is 0. The lowest BCUT2D eigenvalue weighted by Crippen LogP contribution is -3.15. The summed E-state index contributed by atoms with van der Waals surface area (Å²) >= 11 is 5.63. The van der Waals surface area contributed by atoms with Crippen LogP contribution in [0.25, 0.3) is 0 Å². The maximum atomic E-state index is 5.63. The van der Waals surface area contributed by atoms with E-state index in [0.29, 0.717) is 11.2 Å². The molecule has 27 heavy (non-hydrogen) atoms. The largest absolute Gasteiger partial charge is 0.370 e. The molecule has 0 saturated carbocycles. The van der Waals surface area contributed by atoms with Gasteiger partial charge in [-0.05, 0) is 50.2 Å². The third kappa shape index (κ3) is 5.06. The molecule has 0 bridgehead atoms. The molecule has 0 aromatic heterocycles. The second-order valence-corrected chi connectivity index (χ2v) is 7.70. The number of quaternary nitrogens is 1. The first-order valence-electron chi connectivity index (χ1n) is 9.67. The lowest BCUT2D eigenvalue weighted by Gasteiger charge is -2.36. The molecule has 2 aromatic carbocycles. The van der Waals surface area contributed by atoms with Crippen molar-refractivity contribution in [3.05, 3.63) is 65.2 Å². The monoisotopic (exact) mass is 384 g/mol. The minimum atomic E-state index is 0.200. The summed E-state index contributed by atoms with van der Waals surface area (Å²) in [5.41, 5.74) is 4.89. The number of aryl methyl sites for hydroxylation is 1. The van der Waals surface area contributed by atoms with Crippen molar-refractivity contribution in [2.24, 2.45) is 0 Å². The van der Waals surface area contributed by atoms with Crippen molar-refractivity contribution in [3.63, 3.8) is 0 Å². The molecular weight excluding hydrogens is 354 g/mol. The Morgan fingerprint density at radius 3 is 2.44 bits per heavy atom. The Bertz CT molecular complexity index is 759. The number of anilines is 1. The van der Waals surface area contributed by atoms with Crippen molar-refractivity contribution < 1.29 is 9.64 Å². The number of rotatable bonds is 5. The number of hydrogen-bond donors (Lipinski definition) is 3. The molecule has 3 N–H and O–H groups in total. The summed E-state index contributed by atoms with van der Waals surface area (Å²) in [6, 6.07) is 17.5. The van der Waals surface area contributed by atoms with Crippen LogP contribution in [0.4, 0.5) is 5.69 Å². The van der Waals surface area contributed by atoms with Crippen molar-refractivity contribution in [3.8, 4) is 0 Å². The van der Waals surface area contributed by atoms with E-state index in [1.54, 1.807) is 4.90 Å². The van der Waals surface area contributed by atoms with Gasteiger partial charge in [0.25, 0.3) is 0 Å². The fourth-order valence-electron chi connectivity index (χ4n) is 3.82. The van der Waals surface area contributed by atoms with E-state index in [4.69, 9.17) is 17.0 Å². The van der Waals surface area contributed by atoms with E-state index in [0.717, 1.165) is 32.0 Å². The topological polar surface area (TPSA) is 37.7 Å². The molecule has 5 heteroatoms. The van der Waals surface area contributed by atoms with Gasteiger partial charge in [0.05, 0.1) is 19.3 Å². The van der Waals surface area contributed by atoms with Gasteiger partial charge in [0.1, 0.15) is 19.1 Å². The normalized spacial score (nSPS) is 17.1. The maximum absolute atomic E-state index is 5.63. The van der Waals surface area contributed by atoms with Gasteiger partial charge in [0.15, 0.2) is 5.11 Å². The molecule has 144 valence electrons. The van der Waals surface area contributed by atoms with Gasteiger partial charge in [-0.15, -0.1) is 0 Å². The number of hydrogen-bond acceptors (Lipinski definition) is 2. The summed E-state index contributed by atoms with van der Waals surface area (Å²) in [4.78, 5) is 1.54. The van der Waals surface area contributed by atoms with Crippen LogP contribution in [0.3, 0.4) is 0 Å². The summed E-state index contributed by atoms with van der Waals surface area (Å²) < 4.78 is 5.57. The Kier molecular flexibility index (Phi) is 6.83. The summed E-state index contributed by atoms with van der Waals surface area (Å²) in [6.07, 6.45) is 0. The van der Waals surface area contributed by atoms with Gasteiger partial charge in [0, 0.05) is 11.3 Å². The molecule has 0 radical (unpaired) electrons.